The third kappa shape index (κ3) is 2.97. The van der Waals surface area contributed by atoms with Crippen LogP contribution in [0.1, 0.15) is 31.2 Å². The average molecular weight is 269 g/mol. The van der Waals surface area contributed by atoms with Gasteiger partial charge in [0.1, 0.15) is 0 Å². The van der Waals surface area contributed by atoms with Crippen molar-refractivity contribution < 1.29 is 10.0 Å². The van der Waals surface area contributed by atoms with E-state index in [0.717, 1.165) is 0 Å². The van der Waals surface area contributed by atoms with Gasteiger partial charge in [0.2, 0.25) is 0 Å². The molecule has 1 heterocycles. The van der Waals surface area contributed by atoms with E-state index in [0.29, 0.717) is 9.88 Å². The molecule has 1 aromatic heterocycles. The van der Waals surface area contributed by atoms with Crippen molar-refractivity contribution in [2.75, 3.05) is 11.9 Å². The molecule has 0 spiro atoms. The predicted octanol–water partition coefficient (Wildman–Crippen LogP) is 2.45. The minimum Gasteiger partial charge on any atom is -0.388 e. The maximum atomic E-state index is 11.0. The van der Waals surface area contributed by atoms with Crippen LogP contribution in [0.15, 0.2) is 6.07 Å². The van der Waals surface area contributed by atoms with Gasteiger partial charge in [-0.25, -0.2) is 0 Å². The highest BCUT2D eigenvalue weighted by Crippen LogP contribution is 2.40. The van der Waals surface area contributed by atoms with Crippen LogP contribution in [0.2, 0.25) is 0 Å². The number of hydrogen-bond donors (Lipinski definition) is 1. The molecule has 0 aliphatic carbocycles. The van der Waals surface area contributed by atoms with Gasteiger partial charge in [-0.05, 0) is 13.8 Å². The van der Waals surface area contributed by atoms with E-state index in [1.54, 1.807) is 18.9 Å². The van der Waals surface area contributed by atoms with Gasteiger partial charge in [0.15, 0.2) is 5.00 Å². The van der Waals surface area contributed by atoms with E-state index in [-0.39, 0.29) is 18.2 Å². The molecule has 1 aromatic rings. The minimum atomic E-state index is -0.734. The molecule has 98 valence electrons. The van der Waals surface area contributed by atoms with Crippen LogP contribution in [0.25, 0.3) is 0 Å². The highest BCUT2D eigenvalue weighted by Gasteiger charge is 2.25. The fraction of sp³-hybridized carbons (Fsp3) is 0.545. The molecule has 0 saturated heterocycles. The Hall–Kier alpha value is -1.65. The number of nitro groups is 1. The molecule has 0 fully saturated rings. The molecular formula is C11H15N3O3S. The molecule has 0 aliphatic rings. The van der Waals surface area contributed by atoms with Crippen molar-refractivity contribution in [3.63, 3.8) is 0 Å². The summed E-state index contributed by atoms with van der Waals surface area (Å²) < 4.78 is 0. The van der Waals surface area contributed by atoms with Gasteiger partial charge in [0, 0.05) is 24.0 Å². The maximum absolute atomic E-state index is 11.0. The molecule has 2 unspecified atom stereocenters. The fourth-order valence-electron chi connectivity index (χ4n) is 1.45. The van der Waals surface area contributed by atoms with Gasteiger partial charge in [0.25, 0.3) is 0 Å². The standard InChI is InChI=1S/C11H15N3O3S/c1-7(4-5-12)13(3)11-9(14(16)17)6-10(18-11)8(2)15/h6-8,15H,4H2,1-3H3. The van der Waals surface area contributed by atoms with Gasteiger partial charge >= 0.3 is 5.69 Å². The van der Waals surface area contributed by atoms with E-state index < -0.39 is 11.0 Å². The van der Waals surface area contributed by atoms with Crippen LogP contribution < -0.4 is 4.90 Å². The Labute approximate surface area is 109 Å². The summed E-state index contributed by atoms with van der Waals surface area (Å²) in [5.41, 5.74) is -0.0248. The Morgan fingerprint density at radius 3 is 2.72 bits per heavy atom. The second-order valence-corrected chi connectivity index (χ2v) is 5.16. The Morgan fingerprint density at radius 2 is 2.28 bits per heavy atom. The van der Waals surface area contributed by atoms with Gasteiger partial charge in [0.05, 0.1) is 23.5 Å². The minimum absolute atomic E-state index is 0.0248. The summed E-state index contributed by atoms with van der Waals surface area (Å²) >= 11 is 1.18. The number of nitrogens with zero attached hydrogens (tertiary/aromatic N) is 3. The van der Waals surface area contributed by atoms with Gasteiger partial charge in [-0.1, -0.05) is 0 Å². The SMILES string of the molecule is CC(O)c1cc([N+](=O)[O-])c(N(C)C(C)CC#N)s1. The fourth-order valence-corrected chi connectivity index (χ4v) is 2.57. The zero-order valence-corrected chi connectivity index (χ0v) is 11.3. The number of anilines is 1. The molecule has 0 radical (unpaired) electrons. The first-order valence-electron chi connectivity index (χ1n) is 5.44. The average Bonchev–Trinajstić information content (AvgIpc) is 2.73. The Bertz CT molecular complexity index is 478. The largest absolute Gasteiger partial charge is 0.388 e. The van der Waals surface area contributed by atoms with Crippen molar-refractivity contribution in [1.82, 2.24) is 0 Å². The second kappa shape index (κ2) is 5.80. The van der Waals surface area contributed by atoms with Gasteiger partial charge in [-0.15, -0.1) is 11.3 Å². The third-order valence-electron chi connectivity index (χ3n) is 2.69. The zero-order valence-electron chi connectivity index (χ0n) is 10.5. The molecule has 6 nitrogen and oxygen atoms in total. The summed E-state index contributed by atoms with van der Waals surface area (Å²) in [6.45, 7) is 3.40. The Kier molecular flexibility index (Phi) is 4.64. The van der Waals surface area contributed by atoms with E-state index >= 15 is 0 Å². The van der Waals surface area contributed by atoms with Gasteiger partial charge in [-0.2, -0.15) is 5.26 Å². The van der Waals surface area contributed by atoms with Crippen molar-refractivity contribution in [3.8, 4) is 6.07 Å². The Morgan fingerprint density at radius 1 is 1.67 bits per heavy atom. The molecule has 0 aromatic carbocycles. The van der Waals surface area contributed by atoms with E-state index in [2.05, 4.69) is 0 Å². The normalized spacial score (nSPS) is 13.7. The Balaban J connectivity index is 3.14. The number of aliphatic hydroxyl groups is 1. The summed E-state index contributed by atoms with van der Waals surface area (Å²) in [5.74, 6) is 0. The van der Waals surface area contributed by atoms with Gasteiger partial charge in [-0.3, -0.25) is 10.1 Å². The molecule has 7 heteroatoms. The molecule has 0 bridgehead atoms. The van der Waals surface area contributed by atoms with Crippen LogP contribution in [-0.2, 0) is 0 Å². The molecular weight excluding hydrogens is 254 g/mol. The van der Waals surface area contributed by atoms with Crippen molar-refractivity contribution in [2.24, 2.45) is 0 Å². The third-order valence-corrected chi connectivity index (χ3v) is 4.07. The lowest BCUT2D eigenvalue weighted by atomic mass is 10.2. The summed E-state index contributed by atoms with van der Waals surface area (Å²) in [6.07, 6.45) is -0.447. The zero-order chi connectivity index (χ0) is 13.9. The number of aliphatic hydroxyl groups excluding tert-OH is 1. The van der Waals surface area contributed by atoms with Crippen molar-refractivity contribution >= 4 is 22.0 Å². The first-order valence-corrected chi connectivity index (χ1v) is 6.26. The predicted molar refractivity (Wildman–Crippen MR) is 69.7 cm³/mol. The van der Waals surface area contributed by atoms with E-state index in [1.165, 1.54) is 17.4 Å². The number of hydrogen-bond acceptors (Lipinski definition) is 6. The van der Waals surface area contributed by atoms with E-state index in [1.807, 2.05) is 13.0 Å². The first-order chi connectivity index (χ1) is 8.38. The quantitative estimate of drug-likeness (QED) is 0.655. The van der Waals surface area contributed by atoms with Crippen molar-refractivity contribution in [3.05, 3.63) is 21.1 Å². The highest BCUT2D eigenvalue weighted by atomic mass is 32.1. The lowest BCUT2D eigenvalue weighted by Gasteiger charge is -2.22. The van der Waals surface area contributed by atoms with Crippen molar-refractivity contribution in [1.29, 1.82) is 5.26 Å². The lowest BCUT2D eigenvalue weighted by molar-refractivity contribution is -0.383. The molecule has 0 saturated carbocycles. The molecule has 1 N–H and O–H groups in total. The second-order valence-electron chi connectivity index (χ2n) is 4.09. The summed E-state index contributed by atoms with van der Waals surface area (Å²) in [7, 11) is 1.71. The molecule has 0 aliphatic heterocycles. The van der Waals surface area contributed by atoms with Gasteiger partial charge < -0.3 is 10.0 Å². The highest BCUT2D eigenvalue weighted by molar-refractivity contribution is 7.16. The van der Waals surface area contributed by atoms with Crippen LogP contribution >= 0.6 is 11.3 Å². The first kappa shape index (κ1) is 14.4. The van der Waals surface area contributed by atoms with Crippen LogP contribution in [0.3, 0.4) is 0 Å². The summed E-state index contributed by atoms with van der Waals surface area (Å²) in [6, 6.07) is 3.31. The summed E-state index contributed by atoms with van der Waals surface area (Å²) in [4.78, 5) is 12.8. The smallest absolute Gasteiger partial charge is 0.304 e. The summed E-state index contributed by atoms with van der Waals surface area (Å²) in [5, 5.41) is 29.6. The molecule has 2 atom stereocenters. The lowest BCUT2D eigenvalue weighted by Crippen LogP contribution is -2.28. The van der Waals surface area contributed by atoms with Crippen LogP contribution in [0, 0.1) is 21.4 Å². The van der Waals surface area contributed by atoms with Crippen LogP contribution in [0.5, 0.6) is 0 Å². The monoisotopic (exact) mass is 269 g/mol. The van der Waals surface area contributed by atoms with E-state index in [9.17, 15) is 15.2 Å². The maximum Gasteiger partial charge on any atom is 0.304 e. The molecule has 18 heavy (non-hydrogen) atoms. The number of nitriles is 1. The van der Waals surface area contributed by atoms with Crippen LogP contribution in [0.4, 0.5) is 10.7 Å². The van der Waals surface area contributed by atoms with Crippen LogP contribution in [-0.4, -0.2) is 23.1 Å². The topological polar surface area (TPSA) is 90.4 Å². The van der Waals surface area contributed by atoms with E-state index in [4.69, 9.17) is 5.26 Å². The molecule has 0 amide bonds. The molecule has 1 rings (SSSR count). The van der Waals surface area contributed by atoms with Crippen molar-refractivity contribution in [2.45, 2.75) is 32.4 Å². The number of thiophene rings is 1. The number of rotatable bonds is 5.